The highest BCUT2D eigenvalue weighted by Crippen LogP contribution is 1.99. The molecule has 0 aromatic heterocycles. The van der Waals surface area contributed by atoms with Crippen LogP contribution in [0.4, 0.5) is 0 Å². The van der Waals surface area contributed by atoms with Crippen LogP contribution >= 0.6 is 0 Å². The quantitative estimate of drug-likeness (QED) is 0.504. The fourth-order valence-corrected chi connectivity index (χ4v) is 1.09. The van der Waals surface area contributed by atoms with Crippen LogP contribution in [0.1, 0.15) is 32.3 Å². The van der Waals surface area contributed by atoms with Gasteiger partial charge in [0.25, 0.3) is 0 Å². The lowest BCUT2D eigenvalue weighted by molar-refractivity contribution is -0.141. The molecule has 19 heavy (non-hydrogen) atoms. The molecule has 4 heteroatoms. The molecule has 1 aromatic rings. The van der Waals surface area contributed by atoms with Gasteiger partial charge in [-0.25, -0.2) is 4.79 Å². The highest BCUT2D eigenvalue weighted by molar-refractivity contribution is 5.85. The van der Waals surface area contributed by atoms with Crippen molar-refractivity contribution in [2.75, 3.05) is 6.61 Å². The number of carbonyl (C=O) groups excluding carboxylic acids is 1. The zero-order chi connectivity index (χ0) is 14.5. The molecule has 1 rings (SSSR count). The topological polar surface area (TPSA) is 63.6 Å². The molecule has 0 aliphatic rings. The first-order valence-corrected chi connectivity index (χ1v) is 6.15. The average Bonchev–Trinajstić information content (AvgIpc) is 2.38. The number of unbranched alkanes of at least 4 members (excludes halogenated alkanes) is 1. The van der Waals surface area contributed by atoms with Crippen molar-refractivity contribution < 1.29 is 19.4 Å². The van der Waals surface area contributed by atoms with Crippen molar-refractivity contribution in [3.63, 3.8) is 0 Å². The van der Waals surface area contributed by atoms with Crippen LogP contribution in [0.5, 0.6) is 0 Å². The largest absolute Gasteiger partial charge is 0.478 e. The zero-order valence-electron chi connectivity index (χ0n) is 11.3. The highest BCUT2D eigenvalue weighted by Gasteiger charge is 1.88. The van der Waals surface area contributed by atoms with Crippen LogP contribution in [0, 0.1) is 0 Å². The Morgan fingerprint density at radius 1 is 1.26 bits per heavy atom. The Bertz CT molecular complexity index is 396. The average molecular weight is 264 g/mol. The van der Waals surface area contributed by atoms with E-state index in [0.717, 1.165) is 24.5 Å². The molecule has 1 aromatic carbocycles. The summed E-state index contributed by atoms with van der Waals surface area (Å²) in [4.78, 5) is 20.2. The SMILES string of the molecule is CCCCOC(C)=O.O=C(O)C=Cc1ccccc1. The molecule has 0 saturated heterocycles. The smallest absolute Gasteiger partial charge is 0.328 e. The van der Waals surface area contributed by atoms with Gasteiger partial charge in [-0.3, -0.25) is 4.79 Å². The molecule has 0 unspecified atom stereocenters. The predicted octanol–water partition coefficient (Wildman–Crippen LogP) is 3.13. The van der Waals surface area contributed by atoms with Crippen molar-refractivity contribution in [2.45, 2.75) is 26.7 Å². The molecule has 4 nitrogen and oxygen atoms in total. The third-order valence-corrected chi connectivity index (χ3v) is 2.02. The second kappa shape index (κ2) is 11.0. The lowest BCUT2D eigenvalue weighted by atomic mass is 10.2. The van der Waals surface area contributed by atoms with Gasteiger partial charge in [-0.15, -0.1) is 0 Å². The first-order valence-electron chi connectivity index (χ1n) is 6.15. The number of esters is 1. The molecule has 0 saturated carbocycles. The Morgan fingerprint density at radius 2 is 1.89 bits per heavy atom. The molecule has 0 aliphatic heterocycles. The van der Waals surface area contributed by atoms with E-state index < -0.39 is 5.97 Å². The summed E-state index contributed by atoms with van der Waals surface area (Å²) in [6, 6.07) is 9.31. The molecule has 0 heterocycles. The molecule has 0 fully saturated rings. The van der Waals surface area contributed by atoms with Crippen LogP contribution in [0.25, 0.3) is 6.08 Å². The van der Waals surface area contributed by atoms with E-state index in [1.807, 2.05) is 30.3 Å². The van der Waals surface area contributed by atoms with Crippen LogP contribution < -0.4 is 0 Å². The second-order valence-corrected chi connectivity index (χ2v) is 3.78. The number of ether oxygens (including phenoxy) is 1. The van der Waals surface area contributed by atoms with Gasteiger partial charge in [0.05, 0.1) is 6.61 Å². The van der Waals surface area contributed by atoms with Crippen molar-refractivity contribution in [1.29, 1.82) is 0 Å². The lowest BCUT2D eigenvalue weighted by Crippen LogP contribution is -1.99. The Kier molecular flexibility index (Phi) is 9.80. The van der Waals surface area contributed by atoms with Crippen LogP contribution in [0.3, 0.4) is 0 Å². The summed E-state index contributed by atoms with van der Waals surface area (Å²) in [5.74, 6) is -1.10. The Labute approximate surface area is 113 Å². The van der Waals surface area contributed by atoms with E-state index in [1.165, 1.54) is 6.92 Å². The van der Waals surface area contributed by atoms with Crippen molar-refractivity contribution in [3.05, 3.63) is 42.0 Å². The lowest BCUT2D eigenvalue weighted by Gasteiger charge is -1.96. The maximum atomic E-state index is 10.1. The predicted molar refractivity (Wildman–Crippen MR) is 74.7 cm³/mol. The number of carbonyl (C=O) groups is 2. The molecular formula is C15H20O4. The van der Waals surface area contributed by atoms with Gasteiger partial charge in [-0.1, -0.05) is 43.7 Å². The molecule has 0 atom stereocenters. The normalized spacial score (nSPS) is 9.58. The fourth-order valence-electron chi connectivity index (χ4n) is 1.09. The summed E-state index contributed by atoms with van der Waals surface area (Å²) in [6.07, 6.45) is 4.73. The molecule has 0 aliphatic carbocycles. The van der Waals surface area contributed by atoms with E-state index >= 15 is 0 Å². The maximum Gasteiger partial charge on any atom is 0.328 e. The number of rotatable bonds is 5. The molecular weight excluding hydrogens is 244 g/mol. The van der Waals surface area contributed by atoms with Gasteiger partial charge in [0.1, 0.15) is 0 Å². The summed E-state index contributed by atoms with van der Waals surface area (Å²) in [5, 5.41) is 8.29. The summed E-state index contributed by atoms with van der Waals surface area (Å²) in [6.45, 7) is 4.06. The van der Waals surface area contributed by atoms with Gasteiger partial charge in [0.2, 0.25) is 0 Å². The molecule has 0 bridgehead atoms. The van der Waals surface area contributed by atoms with Crippen molar-refractivity contribution in [2.24, 2.45) is 0 Å². The summed E-state index contributed by atoms with van der Waals surface area (Å²) >= 11 is 0. The molecule has 104 valence electrons. The first-order chi connectivity index (χ1) is 9.06. The number of carboxylic acids is 1. The van der Waals surface area contributed by atoms with E-state index in [2.05, 4.69) is 11.7 Å². The molecule has 0 spiro atoms. The monoisotopic (exact) mass is 264 g/mol. The van der Waals surface area contributed by atoms with E-state index in [4.69, 9.17) is 5.11 Å². The Hall–Kier alpha value is -2.10. The third-order valence-electron chi connectivity index (χ3n) is 2.02. The molecule has 0 amide bonds. The van der Waals surface area contributed by atoms with Crippen molar-refractivity contribution in [3.8, 4) is 0 Å². The summed E-state index contributed by atoms with van der Waals surface area (Å²) < 4.78 is 4.64. The van der Waals surface area contributed by atoms with Crippen LogP contribution in [0.2, 0.25) is 0 Å². The van der Waals surface area contributed by atoms with Gasteiger partial charge < -0.3 is 9.84 Å². The number of benzene rings is 1. The van der Waals surface area contributed by atoms with Crippen molar-refractivity contribution in [1.82, 2.24) is 0 Å². The third kappa shape index (κ3) is 12.2. The van der Waals surface area contributed by atoms with Crippen LogP contribution in [0.15, 0.2) is 36.4 Å². The Balaban J connectivity index is 0.000000362. The minimum Gasteiger partial charge on any atom is -0.478 e. The van der Waals surface area contributed by atoms with Gasteiger partial charge in [0, 0.05) is 13.0 Å². The van der Waals surface area contributed by atoms with E-state index in [9.17, 15) is 9.59 Å². The number of aliphatic carboxylic acids is 1. The fraction of sp³-hybridized carbons (Fsp3) is 0.333. The number of carboxylic acid groups (broad SMARTS) is 1. The van der Waals surface area contributed by atoms with Crippen LogP contribution in [-0.2, 0) is 14.3 Å². The van der Waals surface area contributed by atoms with Gasteiger partial charge in [0.15, 0.2) is 0 Å². The maximum absolute atomic E-state index is 10.1. The minimum atomic E-state index is -0.922. The van der Waals surface area contributed by atoms with Crippen molar-refractivity contribution >= 4 is 18.0 Å². The zero-order valence-corrected chi connectivity index (χ0v) is 11.3. The second-order valence-electron chi connectivity index (χ2n) is 3.78. The van der Waals surface area contributed by atoms with E-state index in [-0.39, 0.29) is 5.97 Å². The highest BCUT2D eigenvalue weighted by atomic mass is 16.5. The molecule has 0 radical (unpaired) electrons. The summed E-state index contributed by atoms with van der Waals surface area (Å²) in [7, 11) is 0. The number of hydrogen-bond donors (Lipinski definition) is 1. The van der Waals surface area contributed by atoms with Crippen LogP contribution in [-0.4, -0.2) is 23.7 Å². The van der Waals surface area contributed by atoms with Gasteiger partial charge >= 0.3 is 11.9 Å². The van der Waals surface area contributed by atoms with E-state index in [1.54, 1.807) is 6.08 Å². The minimum absolute atomic E-state index is 0.182. The number of hydrogen-bond acceptors (Lipinski definition) is 3. The molecule has 1 N–H and O–H groups in total. The first kappa shape index (κ1) is 16.9. The standard InChI is InChI=1S/C9H8O2.C6H12O2/c10-9(11)7-6-8-4-2-1-3-5-8;1-3-4-5-8-6(2)7/h1-7H,(H,10,11);3-5H2,1-2H3. The Morgan fingerprint density at radius 3 is 2.37 bits per heavy atom. The summed E-state index contributed by atoms with van der Waals surface area (Å²) in [5.41, 5.74) is 0.898. The van der Waals surface area contributed by atoms with Gasteiger partial charge in [-0.2, -0.15) is 0 Å². The van der Waals surface area contributed by atoms with E-state index in [0.29, 0.717) is 6.61 Å². The van der Waals surface area contributed by atoms with Gasteiger partial charge in [-0.05, 0) is 18.1 Å².